The molecule has 0 unspecified atom stereocenters. The Balaban J connectivity index is 1.98. The lowest BCUT2D eigenvalue weighted by Gasteiger charge is -2.30. The van der Waals surface area contributed by atoms with Gasteiger partial charge in [-0.05, 0) is 24.6 Å². The summed E-state index contributed by atoms with van der Waals surface area (Å²) in [4.78, 5) is 4.26. The number of hydrogen-bond acceptors (Lipinski definition) is 6. The molecule has 4 rings (SSSR count). The zero-order chi connectivity index (χ0) is 17.4. The first-order chi connectivity index (χ1) is 11.3. The van der Waals surface area contributed by atoms with E-state index in [9.17, 15) is 14.9 Å². The summed E-state index contributed by atoms with van der Waals surface area (Å²) in [5, 5.41) is 20.0. The van der Waals surface area contributed by atoms with Crippen LogP contribution >= 0.6 is 0 Å². The van der Waals surface area contributed by atoms with E-state index in [0.717, 1.165) is 0 Å². The molecular weight excluding hydrogens is 311 g/mol. The molecule has 1 aromatic rings. The Hall–Kier alpha value is -2.48. The van der Waals surface area contributed by atoms with E-state index in [-0.39, 0.29) is 18.5 Å². The zero-order valence-corrected chi connectivity index (χ0v) is 13.2. The number of nitrogens with zero attached hydrogens (tertiary/aromatic N) is 3. The predicted octanol–water partition coefficient (Wildman–Crippen LogP) is 1.58. The topological polar surface area (TPSA) is 104 Å². The van der Waals surface area contributed by atoms with Gasteiger partial charge in [0.25, 0.3) is 5.91 Å². The zero-order valence-electron chi connectivity index (χ0n) is 13.2. The van der Waals surface area contributed by atoms with Crippen molar-refractivity contribution in [2.45, 2.75) is 31.3 Å². The molecule has 2 aliphatic heterocycles. The van der Waals surface area contributed by atoms with E-state index < -0.39 is 28.0 Å². The molecule has 0 bridgehead atoms. The van der Waals surface area contributed by atoms with Crippen LogP contribution in [0.15, 0.2) is 29.3 Å². The summed E-state index contributed by atoms with van der Waals surface area (Å²) in [6, 6.07) is 10.1. The standard InChI is InChI=1S/C17H15FN4O2/c1-10-7-23-17(24-10)16(9-20)14(2,11-3-5-12(18)6-4-11)15(16,8-19)13(21)22-17/h3-6,10H,7H2,1-2H3,(H2,21,22)/t10-,14-,15-,16+,17-/m0/s1. The van der Waals surface area contributed by atoms with Crippen LogP contribution in [0.3, 0.4) is 0 Å². The lowest BCUT2D eigenvalue weighted by molar-refractivity contribution is -0.196. The summed E-state index contributed by atoms with van der Waals surface area (Å²) in [5.74, 6) is -1.99. The summed E-state index contributed by atoms with van der Waals surface area (Å²) in [7, 11) is 0. The SMILES string of the molecule is C[C@H]1CO[C@]2(N=C(N)[C@@]3(C#N)[C@](C)(c4ccc(F)cc4)[C@@]23C#N)O1. The molecule has 6 nitrogen and oxygen atoms in total. The average molecular weight is 326 g/mol. The van der Waals surface area contributed by atoms with Crippen LogP contribution in [0, 0.1) is 39.3 Å². The van der Waals surface area contributed by atoms with Crippen LogP contribution in [0.2, 0.25) is 0 Å². The maximum atomic E-state index is 13.3. The van der Waals surface area contributed by atoms with Gasteiger partial charge < -0.3 is 15.2 Å². The number of rotatable bonds is 1. The second-order valence-corrected chi connectivity index (χ2v) is 6.67. The number of hydrogen-bond donors (Lipinski definition) is 1. The third kappa shape index (κ3) is 1.17. The molecule has 1 saturated carbocycles. The minimum absolute atomic E-state index is 0.0208. The van der Waals surface area contributed by atoms with E-state index in [1.54, 1.807) is 26.0 Å². The Bertz CT molecular complexity index is 857. The van der Waals surface area contributed by atoms with E-state index in [1.807, 2.05) is 0 Å². The maximum Gasteiger partial charge on any atom is 0.294 e. The van der Waals surface area contributed by atoms with Crippen LogP contribution in [0.5, 0.6) is 0 Å². The molecule has 1 aliphatic carbocycles. The van der Waals surface area contributed by atoms with Crippen LogP contribution < -0.4 is 5.73 Å². The summed E-state index contributed by atoms with van der Waals surface area (Å²) >= 11 is 0. The Kier molecular flexibility index (Phi) is 2.59. The van der Waals surface area contributed by atoms with E-state index in [0.29, 0.717) is 5.56 Å². The van der Waals surface area contributed by atoms with Crippen LogP contribution in [0.1, 0.15) is 19.4 Å². The van der Waals surface area contributed by atoms with Crippen molar-refractivity contribution in [3.8, 4) is 12.1 Å². The number of nitrogens with two attached hydrogens (primary N) is 1. The summed E-state index contributed by atoms with van der Waals surface area (Å²) in [6.07, 6.45) is -0.278. The van der Waals surface area contributed by atoms with Gasteiger partial charge in [-0.2, -0.15) is 10.5 Å². The Morgan fingerprint density at radius 1 is 1.29 bits per heavy atom. The number of nitriles is 2. The van der Waals surface area contributed by atoms with E-state index in [4.69, 9.17) is 15.2 Å². The molecular formula is C17H15FN4O2. The van der Waals surface area contributed by atoms with Crippen molar-refractivity contribution in [3.63, 3.8) is 0 Å². The predicted molar refractivity (Wildman–Crippen MR) is 80.7 cm³/mol. The largest absolute Gasteiger partial charge is 0.386 e. The highest BCUT2D eigenvalue weighted by Crippen LogP contribution is 2.85. The maximum absolute atomic E-state index is 13.3. The fraction of sp³-hybridized carbons (Fsp3) is 0.471. The van der Waals surface area contributed by atoms with Crippen molar-refractivity contribution < 1.29 is 13.9 Å². The molecule has 0 aromatic heterocycles. The highest BCUT2D eigenvalue weighted by Gasteiger charge is 3.00. The average Bonchev–Trinajstić information content (AvgIpc) is 2.75. The Labute approximate surface area is 138 Å². The van der Waals surface area contributed by atoms with Gasteiger partial charge >= 0.3 is 0 Å². The highest BCUT2D eigenvalue weighted by atomic mass is 19.1. The Morgan fingerprint density at radius 3 is 2.46 bits per heavy atom. The number of fused-ring (bicyclic) bond motifs is 2. The minimum atomic E-state index is -1.61. The molecule has 7 heteroatoms. The first kappa shape index (κ1) is 15.1. The number of halogens is 1. The molecule has 2 heterocycles. The van der Waals surface area contributed by atoms with Gasteiger partial charge in [0.15, 0.2) is 10.8 Å². The normalized spacial score (nSPS) is 45.4. The van der Waals surface area contributed by atoms with Crippen molar-refractivity contribution in [2.75, 3.05) is 6.61 Å². The van der Waals surface area contributed by atoms with Gasteiger partial charge in [-0.15, -0.1) is 0 Å². The fourth-order valence-corrected chi connectivity index (χ4v) is 4.61. The van der Waals surface area contributed by atoms with Crippen LogP contribution in [0.4, 0.5) is 4.39 Å². The van der Waals surface area contributed by atoms with Crippen molar-refractivity contribution in [1.82, 2.24) is 0 Å². The number of benzene rings is 1. The molecule has 3 aliphatic rings. The lowest BCUT2D eigenvalue weighted by atomic mass is 9.84. The van der Waals surface area contributed by atoms with E-state index in [1.165, 1.54) is 12.1 Å². The van der Waals surface area contributed by atoms with Crippen LogP contribution in [-0.4, -0.2) is 24.5 Å². The molecule has 24 heavy (non-hydrogen) atoms. The molecule has 0 radical (unpaired) electrons. The summed E-state index contributed by atoms with van der Waals surface area (Å²) < 4.78 is 25.0. The van der Waals surface area contributed by atoms with E-state index >= 15 is 0 Å². The third-order valence-electron chi connectivity index (χ3n) is 5.76. The second-order valence-electron chi connectivity index (χ2n) is 6.67. The van der Waals surface area contributed by atoms with Gasteiger partial charge in [-0.3, -0.25) is 0 Å². The van der Waals surface area contributed by atoms with Crippen molar-refractivity contribution in [3.05, 3.63) is 35.6 Å². The molecule has 2 fully saturated rings. The molecule has 5 atom stereocenters. The van der Waals surface area contributed by atoms with Crippen molar-refractivity contribution in [1.29, 1.82) is 10.5 Å². The third-order valence-corrected chi connectivity index (χ3v) is 5.76. The summed E-state index contributed by atoms with van der Waals surface area (Å²) in [5.41, 5.74) is 2.91. The molecule has 122 valence electrons. The molecule has 1 saturated heterocycles. The smallest absolute Gasteiger partial charge is 0.294 e. The molecule has 0 amide bonds. The summed E-state index contributed by atoms with van der Waals surface area (Å²) in [6.45, 7) is 3.81. The van der Waals surface area contributed by atoms with Gasteiger partial charge in [0.2, 0.25) is 0 Å². The van der Waals surface area contributed by atoms with Crippen molar-refractivity contribution >= 4 is 5.84 Å². The van der Waals surface area contributed by atoms with Crippen LogP contribution in [0.25, 0.3) is 0 Å². The van der Waals surface area contributed by atoms with Gasteiger partial charge in [0.05, 0.1) is 24.8 Å². The number of ether oxygens (including phenoxy) is 2. The quantitative estimate of drug-likeness (QED) is 0.843. The monoisotopic (exact) mass is 326 g/mol. The van der Waals surface area contributed by atoms with E-state index in [2.05, 4.69) is 17.1 Å². The molecule has 2 N–H and O–H groups in total. The number of aliphatic imine (C=N–C) groups is 1. The minimum Gasteiger partial charge on any atom is -0.386 e. The molecule has 1 aromatic carbocycles. The van der Waals surface area contributed by atoms with Gasteiger partial charge in [0, 0.05) is 5.41 Å². The van der Waals surface area contributed by atoms with Crippen molar-refractivity contribution in [2.24, 2.45) is 21.6 Å². The first-order valence-corrected chi connectivity index (χ1v) is 7.61. The number of amidine groups is 1. The van der Waals surface area contributed by atoms with Gasteiger partial charge in [-0.25, -0.2) is 9.38 Å². The molecule has 1 spiro atoms. The van der Waals surface area contributed by atoms with Gasteiger partial charge in [-0.1, -0.05) is 19.1 Å². The second kappa shape index (κ2) is 4.13. The fourth-order valence-electron chi connectivity index (χ4n) is 4.61. The van der Waals surface area contributed by atoms with Gasteiger partial charge in [0.1, 0.15) is 11.7 Å². The lowest BCUT2D eigenvalue weighted by Crippen LogP contribution is -2.42. The first-order valence-electron chi connectivity index (χ1n) is 7.61. The Morgan fingerprint density at radius 2 is 1.96 bits per heavy atom. The van der Waals surface area contributed by atoms with Crippen LogP contribution in [-0.2, 0) is 14.9 Å². The highest BCUT2D eigenvalue weighted by molar-refractivity contribution is 6.02.